The molecule has 1 aromatic heterocycles. The number of para-hydroxylation sites is 1. The number of esters is 1. The number of H-pyrrole nitrogens is 1. The van der Waals surface area contributed by atoms with Gasteiger partial charge in [0.15, 0.2) is 6.61 Å². The lowest BCUT2D eigenvalue weighted by Crippen LogP contribution is -2.20. The normalized spacial score (nSPS) is 10.7. The molecule has 4 rings (SSSR count). The zero-order valence-corrected chi connectivity index (χ0v) is 15.8. The highest BCUT2D eigenvalue weighted by Crippen LogP contribution is 2.22. The van der Waals surface area contributed by atoms with Crippen LogP contribution in [0, 0.1) is 6.92 Å². The van der Waals surface area contributed by atoms with E-state index in [-0.39, 0.29) is 6.61 Å². The van der Waals surface area contributed by atoms with Crippen LogP contribution < -0.4 is 5.32 Å². The largest absolute Gasteiger partial charge is 0.452 e. The van der Waals surface area contributed by atoms with Crippen molar-refractivity contribution < 1.29 is 14.3 Å². The van der Waals surface area contributed by atoms with Crippen LogP contribution in [0.5, 0.6) is 0 Å². The van der Waals surface area contributed by atoms with E-state index >= 15 is 0 Å². The molecule has 0 saturated heterocycles. The summed E-state index contributed by atoms with van der Waals surface area (Å²) >= 11 is 0. The Hall–Kier alpha value is -3.93. The van der Waals surface area contributed by atoms with Crippen molar-refractivity contribution >= 4 is 28.6 Å². The average molecular weight is 385 g/mol. The third kappa shape index (κ3) is 4.32. The average Bonchev–Trinajstić information content (AvgIpc) is 3.16. The van der Waals surface area contributed by atoms with Gasteiger partial charge in [-0.3, -0.25) is 4.79 Å². The molecule has 0 bridgehead atoms. The fourth-order valence-corrected chi connectivity index (χ4v) is 2.92. The van der Waals surface area contributed by atoms with E-state index in [9.17, 15) is 9.59 Å². The minimum Gasteiger partial charge on any atom is -0.452 e. The Morgan fingerprint density at radius 3 is 2.52 bits per heavy atom. The molecule has 6 heteroatoms. The van der Waals surface area contributed by atoms with Gasteiger partial charge in [0, 0.05) is 11.3 Å². The smallest absolute Gasteiger partial charge is 0.338 e. The number of fused-ring (bicyclic) bond motifs is 1. The number of hydrogen-bond donors (Lipinski definition) is 2. The Balaban J connectivity index is 1.44. The standard InChI is InChI=1S/C23H19N3O3/c1-15-7-9-16(10-8-15)22-25-19-12-11-17(13-20(19)26-22)23(28)29-14-21(27)24-18-5-3-2-4-6-18/h2-13H,14H2,1H3,(H,24,27)(H,25,26). The van der Waals surface area contributed by atoms with Gasteiger partial charge in [-0.25, -0.2) is 9.78 Å². The molecule has 3 aromatic carbocycles. The number of benzene rings is 3. The van der Waals surface area contributed by atoms with Crippen LogP contribution in [0.1, 0.15) is 15.9 Å². The molecule has 4 aromatic rings. The number of aryl methyl sites for hydroxylation is 1. The monoisotopic (exact) mass is 385 g/mol. The number of imidazole rings is 1. The lowest BCUT2D eigenvalue weighted by atomic mass is 10.1. The van der Waals surface area contributed by atoms with Gasteiger partial charge >= 0.3 is 5.97 Å². The number of nitrogens with one attached hydrogen (secondary N) is 2. The molecule has 1 amide bonds. The molecule has 0 fully saturated rings. The van der Waals surface area contributed by atoms with Gasteiger partial charge in [0.25, 0.3) is 5.91 Å². The van der Waals surface area contributed by atoms with E-state index in [1.807, 2.05) is 49.4 Å². The Morgan fingerprint density at radius 1 is 1.00 bits per heavy atom. The number of aromatic amines is 1. The van der Waals surface area contributed by atoms with Crippen molar-refractivity contribution in [2.24, 2.45) is 0 Å². The predicted octanol–water partition coefficient (Wildman–Crippen LogP) is 4.33. The van der Waals surface area contributed by atoms with Crippen molar-refractivity contribution in [3.8, 4) is 11.4 Å². The molecule has 0 spiro atoms. The van der Waals surface area contributed by atoms with Crippen LogP contribution in [0.2, 0.25) is 0 Å². The molecule has 0 aliphatic rings. The molecular formula is C23H19N3O3. The van der Waals surface area contributed by atoms with E-state index in [0.29, 0.717) is 11.3 Å². The number of aromatic nitrogens is 2. The van der Waals surface area contributed by atoms with Crippen molar-refractivity contribution in [3.05, 3.63) is 83.9 Å². The summed E-state index contributed by atoms with van der Waals surface area (Å²) in [5.74, 6) is -0.233. The van der Waals surface area contributed by atoms with E-state index < -0.39 is 11.9 Å². The highest BCUT2D eigenvalue weighted by atomic mass is 16.5. The molecule has 29 heavy (non-hydrogen) atoms. The molecule has 0 radical (unpaired) electrons. The second-order valence-electron chi connectivity index (χ2n) is 6.67. The third-order valence-corrected chi connectivity index (χ3v) is 4.43. The van der Waals surface area contributed by atoms with Crippen molar-refractivity contribution in [1.82, 2.24) is 9.97 Å². The van der Waals surface area contributed by atoms with Crippen LogP contribution in [0.3, 0.4) is 0 Å². The summed E-state index contributed by atoms with van der Waals surface area (Å²) in [6, 6.07) is 22.1. The number of ether oxygens (including phenoxy) is 1. The highest BCUT2D eigenvalue weighted by Gasteiger charge is 2.13. The number of hydrogen-bond acceptors (Lipinski definition) is 4. The lowest BCUT2D eigenvalue weighted by Gasteiger charge is -2.06. The number of anilines is 1. The first kappa shape index (κ1) is 18.4. The van der Waals surface area contributed by atoms with Gasteiger partial charge < -0.3 is 15.0 Å². The van der Waals surface area contributed by atoms with Crippen LogP contribution >= 0.6 is 0 Å². The molecule has 0 aliphatic carbocycles. The summed E-state index contributed by atoms with van der Waals surface area (Å²) in [6.45, 7) is 1.67. The van der Waals surface area contributed by atoms with Crippen molar-refractivity contribution in [3.63, 3.8) is 0 Å². The maximum Gasteiger partial charge on any atom is 0.338 e. The minimum atomic E-state index is -0.568. The number of carbonyl (C=O) groups is 2. The van der Waals surface area contributed by atoms with E-state index in [4.69, 9.17) is 4.74 Å². The minimum absolute atomic E-state index is 0.351. The van der Waals surface area contributed by atoms with Gasteiger partial charge in [-0.05, 0) is 37.3 Å². The van der Waals surface area contributed by atoms with E-state index in [1.54, 1.807) is 30.3 Å². The van der Waals surface area contributed by atoms with Crippen molar-refractivity contribution in [1.29, 1.82) is 0 Å². The van der Waals surface area contributed by atoms with Crippen molar-refractivity contribution in [2.75, 3.05) is 11.9 Å². The second kappa shape index (κ2) is 7.98. The van der Waals surface area contributed by atoms with Crippen LogP contribution in [0.25, 0.3) is 22.4 Å². The van der Waals surface area contributed by atoms with Gasteiger partial charge in [-0.2, -0.15) is 0 Å². The molecule has 0 aliphatic heterocycles. The maximum absolute atomic E-state index is 12.3. The van der Waals surface area contributed by atoms with E-state index in [2.05, 4.69) is 15.3 Å². The molecule has 1 heterocycles. The number of rotatable bonds is 5. The predicted molar refractivity (Wildman–Crippen MR) is 112 cm³/mol. The van der Waals surface area contributed by atoms with Gasteiger partial charge in [0.2, 0.25) is 0 Å². The fourth-order valence-electron chi connectivity index (χ4n) is 2.92. The fraction of sp³-hybridized carbons (Fsp3) is 0.0870. The lowest BCUT2D eigenvalue weighted by molar-refractivity contribution is -0.119. The van der Waals surface area contributed by atoms with E-state index in [0.717, 1.165) is 22.4 Å². The number of nitrogens with zero attached hydrogens (tertiary/aromatic N) is 1. The quantitative estimate of drug-likeness (QED) is 0.501. The second-order valence-corrected chi connectivity index (χ2v) is 6.67. The first-order valence-electron chi connectivity index (χ1n) is 9.17. The van der Waals surface area contributed by atoms with Gasteiger partial charge in [0.05, 0.1) is 16.6 Å². The molecule has 2 N–H and O–H groups in total. The highest BCUT2D eigenvalue weighted by molar-refractivity contribution is 5.97. The van der Waals surface area contributed by atoms with E-state index in [1.165, 1.54) is 5.56 Å². The molecule has 0 unspecified atom stereocenters. The van der Waals surface area contributed by atoms with Gasteiger partial charge in [0.1, 0.15) is 5.82 Å². The first-order chi connectivity index (χ1) is 14.1. The molecule has 0 atom stereocenters. The van der Waals surface area contributed by atoms with Crippen molar-refractivity contribution in [2.45, 2.75) is 6.92 Å². The zero-order chi connectivity index (χ0) is 20.2. The molecular weight excluding hydrogens is 366 g/mol. The summed E-state index contributed by atoms with van der Waals surface area (Å²) < 4.78 is 5.13. The first-order valence-corrected chi connectivity index (χ1v) is 9.17. The Bertz CT molecular complexity index is 1170. The summed E-state index contributed by atoms with van der Waals surface area (Å²) in [4.78, 5) is 32.1. The van der Waals surface area contributed by atoms with Crippen LogP contribution in [0.15, 0.2) is 72.8 Å². The summed E-state index contributed by atoms with van der Waals surface area (Å²) in [6.07, 6.45) is 0. The molecule has 144 valence electrons. The van der Waals surface area contributed by atoms with Crippen LogP contribution in [-0.4, -0.2) is 28.5 Å². The maximum atomic E-state index is 12.3. The Morgan fingerprint density at radius 2 is 1.76 bits per heavy atom. The van der Waals surface area contributed by atoms with Gasteiger partial charge in [-0.1, -0.05) is 48.0 Å². The number of amides is 1. The summed E-state index contributed by atoms with van der Waals surface area (Å²) in [5, 5.41) is 2.67. The van der Waals surface area contributed by atoms with Gasteiger partial charge in [-0.15, -0.1) is 0 Å². The molecule has 0 saturated carbocycles. The summed E-state index contributed by atoms with van der Waals surface area (Å²) in [7, 11) is 0. The third-order valence-electron chi connectivity index (χ3n) is 4.43. The summed E-state index contributed by atoms with van der Waals surface area (Å²) in [5.41, 5.74) is 4.61. The Labute approximate surface area is 167 Å². The van der Waals surface area contributed by atoms with Crippen LogP contribution in [0.4, 0.5) is 5.69 Å². The number of carbonyl (C=O) groups excluding carboxylic acids is 2. The SMILES string of the molecule is Cc1ccc(-c2nc3ccc(C(=O)OCC(=O)Nc4ccccc4)cc3[nH]2)cc1. The topological polar surface area (TPSA) is 84.1 Å². The zero-order valence-electron chi connectivity index (χ0n) is 15.8. The Kier molecular flexibility index (Phi) is 5.07. The van der Waals surface area contributed by atoms with Crippen LogP contribution in [-0.2, 0) is 9.53 Å². The molecule has 6 nitrogen and oxygen atoms in total.